The van der Waals surface area contributed by atoms with Gasteiger partial charge in [0.2, 0.25) is 6.79 Å². The number of aromatic nitrogens is 2. The fourth-order valence-electron chi connectivity index (χ4n) is 2.69. The maximum atomic E-state index is 12.8. The molecular weight excluding hydrogens is 373 g/mol. The van der Waals surface area contributed by atoms with E-state index < -0.39 is 11.7 Å². The highest BCUT2D eigenvalue weighted by Crippen LogP contribution is 2.33. The summed E-state index contributed by atoms with van der Waals surface area (Å²) in [7, 11) is 0. The predicted molar refractivity (Wildman–Crippen MR) is 96.7 cm³/mol. The highest BCUT2D eigenvalue weighted by atomic mass is 19.4. The number of nitrogens with one attached hydrogen (secondary N) is 2. The number of fused-ring (bicyclic) bond motifs is 1. The van der Waals surface area contributed by atoms with Gasteiger partial charge in [-0.15, -0.1) is 0 Å². The largest absolute Gasteiger partial charge is 0.454 e. The highest BCUT2D eigenvalue weighted by molar-refractivity contribution is 5.59. The minimum atomic E-state index is -4.40. The molecule has 0 spiro atoms. The lowest BCUT2D eigenvalue weighted by Crippen LogP contribution is -2.06. The van der Waals surface area contributed by atoms with Crippen molar-refractivity contribution in [3.8, 4) is 11.5 Å². The van der Waals surface area contributed by atoms with Gasteiger partial charge in [-0.25, -0.2) is 9.97 Å². The Morgan fingerprint density at radius 3 is 2.61 bits per heavy atom. The summed E-state index contributed by atoms with van der Waals surface area (Å²) in [6, 6.07) is 12.2. The summed E-state index contributed by atoms with van der Waals surface area (Å²) in [5.41, 5.74) is 0.526. The van der Waals surface area contributed by atoms with Crippen molar-refractivity contribution in [2.45, 2.75) is 12.7 Å². The van der Waals surface area contributed by atoms with E-state index in [0.717, 1.165) is 17.7 Å². The second-order valence-corrected chi connectivity index (χ2v) is 6.03. The van der Waals surface area contributed by atoms with Crippen LogP contribution in [-0.2, 0) is 12.7 Å². The number of halogens is 3. The molecule has 0 radical (unpaired) electrons. The number of rotatable bonds is 5. The van der Waals surface area contributed by atoms with Crippen molar-refractivity contribution in [3.05, 3.63) is 66.0 Å². The summed E-state index contributed by atoms with van der Waals surface area (Å²) in [6.07, 6.45) is -3.07. The van der Waals surface area contributed by atoms with E-state index in [0.29, 0.717) is 29.7 Å². The Bertz CT molecular complexity index is 995. The van der Waals surface area contributed by atoms with Crippen LogP contribution in [0.25, 0.3) is 0 Å². The lowest BCUT2D eigenvalue weighted by molar-refractivity contribution is -0.137. The number of alkyl halides is 3. The van der Waals surface area contributed by atoms with Crippen LogP contribution >= 0.6 is 0 Å². The molecule has 0 amide bonds. The van der Waals surface area contributed by atoms with Crippen LogP contribution in [0.4, 0.5) is 30.5 Å². The molecule has 0 aliphatic carbocycles. The molecule has 0 fully saturated rings. The average Bonchev–Trinajstić information content (AvgIpc) is 3.14. The number of ether oxygens (including phenoxy) is 2. The third-order valence-electron chi connectivity index (χ3n) is 4.04. The number of hydrogen-bond donors (Lipinski definition) is 2. The van der Waals surface area contributed by atoms with Gasteiger partial charge >= 0.3 is 6.18 Å². The number of nitrogens with zero attached hydrogens (tertiary/aromatic N) is 2. The Morgan fingerprint density at radius 1 is 0.929 bits per heavy atom. The standard InChI is InChI=1S/C19H15F3N4O2/c20-19(21,22)13-2-1-3-14(7-13)26-18-8-17(24-10-25-18)23-9-12-4-5-15-16(6-12)28-11-27-15/h1-8,10H,9,11H2,(H2,23,24,25,26). The van der Waals surface area contributed by atoms with Crippen molar-refractivity contribution in [1.82, 2.24) is 9.97 Å². The third-order valence-corrected chi connectivity index (χ3v) is 4.04. The van der Waals surface area contributed by atoms with Crippen LogP contribution in [0.5, 0.6) is 11.5 Å². The van der Waals surface area contributed by atoms with Crippen molar-refractivity contribution >= 4 is 17.3 Å². The quantitative estimate of drug-likeness (QED) is 0.667. The zero-order valence-electron chi connectivity index (χ0n) is 14.5. The van der Waals surface area contributed by atoms with E-state index in [1.807, 2.05) is 18.2 Å². The van der Waals surface area contributed by atoms with Gasteiger partial charge in [0.25, 0.3) is 0 Å². The minimum Gasteiger partial charge on any atom is -0.454 e. The molecule has 0 bridgehead atoms. The van der Waals surface area contributed by atoms with Gasteiger partial charge in [-0.1, -0.05) is 12.1 Å². The maximum absolute atomic E-state index is 12.8. The van der Waals surface area contributed by atoms with E-state index in [1.54, 1.807) is 6.07 Å². The summed E-state index contributed by atoms with van der Waals surface area (Å²) in [5, 5.41) is 6.01. The van der Waals surface area contributed by atoms with Crippen LogP contribution in [0.15, 0.2) is 54.9 Å². The summed E-state index contributed by atoms with van der Waals surface area (Å²) < 4.78 is 49.1. The van der Waals surface area contributed by atoms with Gasteiger partial charge in [0, 0.05) is 18.3 Å². The van der Waals surface area contributed by atoms with Crippen LogP contribution in [0, 0.1) is 0 Å². The first-order valence-corrected chi connectivity index (χ1v) is 8.36. The number of anilines is 3. The average molecular weight is 388 g/mol. The molecule has 0 saturated carbocycles. The molecule has 0 saturated heterocycles. The Balaban J connectivity index is 1.43. The van der Waals surface area contributed by atoms with Gasteiger partial charge in [0.1, 0.15) is 18.0 Å². The molecule has 1 aliphatic rings. The van der Waals surface area contributed by atoms with Crippen LogP contribution in [-0.4, -0.2) is 16.8 Å². The van der Waals surface area contributed by atoms with Crippen molar-refractivity contribution in [1.29, 1.82) is 0 Å². The molecule has 144 valence electrons. The summed E-state index contributed by atoms with van der Waals surface area (Å²) in [4.78, 5) is 8.18. The van der Waals surface area contributed by atoms with E-state index in [2.05, 4.69) is 20.6 Å². The molecule has 2 aromatic carbocycles. The SMILES string of the molecule is FC(F)(F)c1cccc(Nc2cc(NCc3ccc4c(c3)OCO4)ncn2)c1. The van der Waals surface area contributed by atoms with Crippen LogP contribution < -0.4 is 20.1 Å². The Hall–Kier alpha value is -3.49. The lowest BCUT2D eigenvalue weighted by Gasteiger charge is -2.11. The second-order valence-electron chi connectivity index (χ2n) is 6.03. The normalized spacial score (nSPS) is 12.7. The monoisotopic (exact) mass is 388 g/mol. The first-order chi connectivity index (χ1) is 13.5. The summed E-state index contributed by atoms with van der Waals surface area (Å²) in [6.45, 7) is 0.694. The van der Waals surface area contributed by atoms with Crippen molar-refractivity contribution < 1.29 is 22.6 Å². The molecule has 0 atom stereocenters. The molecule has 4 rings (SSSR count). The second kappa shape index (κ2) is 7.26. The lowest BCUT2D eigenvalue weighted by atomic mass is 10.2. The van der Waals surface area contributed by atoms with E-state index in [4.69, 9.17) is 9.47 Å². The molecular formula is C19H15F3N4O2. The molecule has 2 heterocycles. The first kappa shape index (κ1) is 17.9. The van der Waals surface area contributed by atoms with Gasteiger partial charge in [-0.2, -0.15) is 13.2 Å². The number of hydrogen-bond acceptors (Lipinski definition) is 6. The minimum absolute atomic E-state index is 0.211. The smallest absolute Gasteiger partial charge is 0.416 e. The molecule has 9 heteroatoms. The Labute approximate surface area is 158 Å². The molecule has 0 unspecified atom stereocenters. The molecule has 1 aliphatic heterocycles. The Kier molecular flexibility index (Phi) is 4.64. The van der Waals surface area contributed by atoms with Crippen molar-refractivity contribution in [2.75, 3.05) is 17.4 Å². The van der Waals surface area contributed by atoms with Gasteiger partial charge in [0.05, 0.1) is 5.56 Å². The highest BCUT2D eigenvalue weighted by Gasteiger charge is 2.30. The van der Waals surface area contributed by atoms with Crippen LogP contribution in [0.1, 0.15) is 11.1 Å². The maximum Gasteiger partial charge on any atom is 0.416 e. The van der Waals surface area contributed by atoms with E-state index >= 15 is 0 Å². The zero-order chi connectivity index (χ0) is 19.6. The molecule has 1 aromatic heterocycles. The summed E-state index contributed by atoms with van der Waals surface area (Å²) >= 11 is 0. The Morgan fingerprint density at radius 2 is 1.75 bits per heavy atom. The summed E-state index contributed by atoms with van der Waals surface area (Å²) in [5.74, 6) is 2.30. The predicted octanol–water partition coefficient (Wildman–Crippen LogP) is 4.58. The van der Waals surface area contributed by atoms with Gasteiger partial charge in [0.15, 0.2) is 11.5 Å². The first-order valence-electron chi connectivity index (χ1n) is 8.36. The molecule has 3 aromatic rings. The van der Waals surface area contributed by atoms with Crippen molar-refractivity contribution in [2.24, 2.45) is 0 Å². The molecule has 2 N–H and O–H groups in total. The zero-order valence-corrected chi connectivity index (χ0v) is 14.5. The van der Waals surface area contributed by atoms with Gasteiger partial charge < -0.3 is 20.1 Å². The van der Waals surface area contributed by atoms with E-state index in [1.165, 1.54) is 18.5 Å². The molecule has 6 nitrogen and oxygen atoms in total. The van der Waals surface area contributed by atoms with E-state index in [9.17, 15) is 13.2 Å². The molecule has 28 heavy (non-hydrogen) atoms. The van der Waals surface area contributed by atoms with Crippen molar-refractivity contribution in [3.63, 3.8) is 0 Å². The fourth-order valence-corrected chi connectivity index (χ4v) is 2.69. The van der Waals surface area contributed by atoms with Crippen LogP contribution in [0.2, 0.25) is 0 Å². The van der Waals surface area contributed by atoms with Gasteiger partial charge in [-0.3, -0.25) is 0 Å². The van der Waals surface area contributed by atoms with Gasteiger partial charge in [-0.05, 0) is 35.9 Å². The topological polar surface area (TPSA) is 68.3 Å². The van der Waals surface area contributed by atoms with E-state index in [-0.39, 0.29) is 12.5 Å². The van der Waals surface area contributed by atoms with Crippen LogP contribution in [0.3, 0.4) is 0 Å². The fraction of sp³-hybridized carbons (Fsp3) is 0.158. The third kappa shape index (κ3) is 4.08. The number of benzene rings is 2.